The fraction of sp³-hybridized carbons (Fsp3) is 0.391. The molecule has 5 heterocycles. The number of anilines is 1. The molecule has 1 aliphatic rings. The number of likely N-dealkylation sites (tertiary alicyclic amines) is 1. The maximum Gasteiger partial charge on any atom is 0.272 e. The minimum atomic E-state index is 0. The summed E-state index contributed by atoms with van der Waals surface area (Å²) in [6.07, 6.45) is 9.68. The average molecular weight is 436 g/mol. The van der Waals surface area contributed by atoms with E-state index in [4.69, 9.17) is 4.74 Å². The Morgan fingerprint density at radius 3 is 2.84 bits per heavy atom. The molecule has 1 amide bonds. The number of aromatic nitrogens is 5. The Hall–Kier alpha value is -3.46. The van der Waals surface area contributed by atoms with Crippen molar-refractivity contribution in [3.05, 3.63) is 48.7 Å². The molecule has 4 aromatic heterocycles. The molecule has 0 unspecified atom stereocenters. The van der Waals surface area contributed by atoms with Gasteiger partial charge in [0.25, 0.3) is 5.91 Å². The zero-order valence-electron chi connectivity index (χ0n) is 18.4. The lowest BCUT2D eigenvalue weighted by molar-refractivity contribution is 0.0786. The van der Waals surface area contributed by atoms with Gasteiger partial charge in [0.2, 0.25) is 5.95 Å². The topological polar surface area (TPSA) is 89.1 Å². The molecule has 1 fully saturated rings. The van der Waals surface area contributed by atoms with Crippen LogP contribution in [-0.4, -0.2) is 67.1 Å². The number of amides is 1. The van der Waals surface area contributed by atoms with Crippen LogP contribution in [0.25, 0.3) is 22.3 Å². The summed E-state index contributed by atoms with van der Waals surface area (Å²) in [7, 11) is 0. The van der Waals surface area contributed by atoms with Crippen molar-refractivity contribution >= 4 is 23.0 Å². The highest BCUT2D eigenvalue weighted by molar-refractivity contribution is 5.93. The van der Waals surface area contributed by atoms with Crippen LogP contribution in [0.15, 0.2) is 43.0 Å². The summed E-state index contributed by atoms with van der Waals surface area (Å²) >= 11 is 0. The van der Waals surface area contributed by atoms with E-state index in [0.717, 1.165) is 48.2 Å². The molecule has 1 aliphatic heterocycles. The molecule has 0 radical (unpaired) electrons. The van der Waals surface area contributed by atoms with Gasteiger partial charge in [-0.15, -0.1) is 5.10 Å². The van der Waals surface area contributed by atoms with Gasteiger partial charge in [-0.3, -0.25) is 9.20 Å². The molecule has 0 bridgehead atoms. The Bertz CT molecular complexity index is 1260. The molecule has 0 atom stereocenters. The number of pyridine rings is 1. The van der Waals surface area contributed by atoms with Gasteiger partial charge >= 0.3 is 0 Å². The first-order chi connectivity index (χ1) is 15.6. The van der Waals surface area contributed by atoms with Crippen molar-refractivity contribution in [1.82, 2.24) is 28.9 Å². The smallest absolute Gasteiger partial charge is 0.272 e. The predicted octanol–water partition coefficient (Wildman–Crippen LogP) is 3.36. The summed E-state index contributed by atoms with van der Waals surface area (Å²) in [6.45, 7) is 6.88. The Kier molecular flexibility index (Phi) is 5.48. The molecule has 0 saturated carbocycles. The number of hydrogen-bond acceptors (Lipinski definition) is 6. The normalized spacial score (nSPS) is 14.2. The molecule has 0 spiro atoms. The highest BCUT2D eigenvalue weighted by atomic mass is 16.5. The van der Waals surface area contributed by atoms with Crippen LogP contribution in [0.4, 0.5) is 5.95 Å². The number of rotatable bonds is 7. The number of carbonyl (C=O) groups excluding carboxylic acids is 1. The van der Waals surface area contributed by atoms with E-state index < -0.39 is 0 Å². The molecular formula is C23H29N7O2. The van der Waals surface area contributed by atoms with Gasteiger partial charge in [-0.1, -0.05) is 0 Å². The van der Waals surface area contributed by atoms with Crippen LogP contribution in [-0.2, 0) is 4.74 Å². The van der Waals surface area contributed by atoms with E-state index in [2.05, 4.69) is 20.4 Å². The monoisotopic (exact) mass is 435 g/mol. The van der Waals surface area contributed by atoms with Gasteiger partial charge < -0.3 is 15.0 Å². The van der Waals surface area contributed by atoms with Crippen molar-refractivity contribution in [3.8, 4) is 11.1 Å². The highest BCUT2D eigenvalue weighted by Crippen LogP contribution is 2.26. The SMILES string of the molecule is CC(C)OCCNc1ncc2c(-c3ccc4ncc(C(=O)N5CCCC5)n4c3)ccn2n1.[HH]. The van der Waals surface area contributed by atoms with Gasteiger partial charge in [0.05, 0.1) is 30.6 Å². The minimum Gasteiger partial charge on any atom is -0.377 e. The fourth-order valence-electron chi connectivity index (χ4n) is 4.06. The number of ether oxygens (including phenoxy) is 1. The van der Waals surface area contributed by atoms with Crippen LogP contribution >= 0.6 is 0 Å². The first-order valence-electron chi connectivity index (χ1n) is 11.1. The van der Waals surface area contributed by atoms with E-state index in [0.29, 0.717) is 24.8 Å². The Balaban J connectivity index is 0.00000259. The second kappa shape index (κ2) is 8.58. The molecule has 9 heteroatoms. The second-order valence-electron chi connectivity index (χ2n) is 8.28. The lowest BCUT2D eigenvalue weighted by Crippen LogP contribution is -2.28. The van der Waals surface area contributed by atoms with E-state index in [1.165, 1.54) is 0 Å². The maximum atomic E-state index is 12.9. The lowest BCUT2D eigenvalue weighted by atomic mass is 10.1. The second-order valence-corrected chi connectivity index (χ2v) is 8.28. The third-order valence-corrected chi connectivity index (χ3v) is 5.68. The van der Waals surface area contributed by atoms with E-state index >= 15 is 0 Å². The average Bonchev–Trinajstić information content (AvgIpc) is 3.55. The van der Waals surface area contributed by atoms with E-state index in [1.807, 2.05) is 64.5 Å². The number of fused-ring (bicyclic) bond motifs is 2. The molecule has 4 aromatic rings. The summed E-state index contributed by atoms with van der Waals surface area (Å²) in [5.41, 5.74) is 4.21. The zero-order chi connectivity index (χ0) is 22.1. The third kappa shape index (κ3) is 3.91. The first-order valence-corrected chi connectivity index (χ1v) is 11.1. The number of nitrogens with one attached hydrogen (secondary N) is 1. The largest absolute Gasteiger partial charge is 0.377 e. The molecule has 168 valence electrons. The summed E-state index contributed by atoms with van der Waals surface area (Å²) in [6, 6.07) is 5.96. The van der Waals surface area contributed by atoms with Gasteiger partial charge in [-0.25, -0.2) is 14.5 Å². The van der Waals surface area contributed by atoms with Gasteiger partial charge in [-0.2, -0.15) is 0 Å². The molecule has 32 heavy (non-hydrogen) atoms. The van der Waals surface area contributed by atoms with Gasteiger partial charge in [-0.05, 0) is 44.9 Å². The van der Waals surface area contributed by atoms with E-state index in [9.17, 15) is 4.79 Å². The number of carbonyl (C=O) groups is 1. The highest BCUT2D eigenvalue weighted by Gasteiger charge is 2.22. The summed E-state index contributed by atoms with van der Waals surface area (Å²) < 4.78 is 9.23. The zero-order valence-corrected chi connectivity index (χ0v) is 18.4. The molecule has 9 nitrogen and oxygen atoms in total. The molecule has 5 rings (SSSR count). The first kappa shape index (κ1) is 20.4. The van der Waals surface area contributed by atoms with Crippen LogP contribution in [0.2, 0.25) is 0 Å². The van der Waals surface area contributed by atoms with Crippen molar-refractivity contribution in [1.29, 1.82) is 0 Å². The van der Waals surface area contributed by atoms with Crippen molar-refractivity contribution in [2.24, 2.45) is 0 Å². The summed E-state index contributed by atoms with van der Waals surface area (Å²) in [4.78, 5) is 23.7. The van der Waals surface area contributed by atoms with Crippen molar-refractivity contribution in [2.75, 3.05) is 31.6 Å². The number of nitrogens with zero attached hydrogens (tertiary/aromatic N) is 6. The van der Waals surface area contributed by atoms with E-state index in [-0.39, 0.29) is 13.4 Å². The molecule has 0 aliphatic carbocycles. The van der Waals surface area contributed by atoms with Gasteiger partial charge in [0.15, 0.2) is 0 Å². The van der Waals surface area contributed by atoms with Gasteiger partial charge in [0.1, 0.15) is 11.3 Å². The van der Waals surface area contributed by atoms with Crippen molar-refractivity contribution in [3.63, 3.8) is 0 Å². The lowest BCUT2D eigenvalue weighted by Gasteiger charge is -2.14. The van der Waals surface area contributed by atoms with Crippen LogP contribution < -0.4 is 5.32 Å². The van der Waals surface area contributed by atoms with Crippen LogP contribution in [0.3, 0.4) is 0 Å². The van der Waals surface area contributed by atoms with Crippen LogP contribution in [0.5, 0.6) is 0 Å². The number of hydrogen-bond donors (Lipinski definition) is 1. The summed E-state index contributed by atoms with van der Waals surface area (Å²) in [5, 5.41) is 7.73. The Morgan fingerprint density at radius 2 is 2.03 bits per heavy atom. The standard InChI is InChI=1S/C23H27N7O2.H2/c1-16(2)32-12-8-24-23-26-13-19-18(7-11-30(19)27-23)17-5-6-21-25-14-20(29(21)15-17)22(31)28-9-3-4-10-28;/h5-7,11,13-16H,3-4,8-10,12H2,1-2H3,(H,24,27);1H. The summed E-state index contributed by atoms with van der Waals surface area (Å²) in [5.74, 6) is 0.588. The number of imidazole rings is 1. The van der Waals surface area contributed by atoms with Crippen molar-refractivity contribution in [2.45, 2.75) is 32.8 Å². The molecular weight excluding hydrogens is 406 g/mol. The molecule has 1 saturated heterocycles. The van der Waals surface area contributed by atoms with E-state index in [1.54, 1.807) is 6.20 Å². The van der Waals surface area contributed by atoms with Gasteiger partial charge in [0, 0.05) is 44.6 Å². The minimum absolute atomic E-state index is 0. The quantitative estimate of drug-likeness (QED) is 0.448. The van der Waals surface area contributed by atoms with Crippen LogP contribution in [0, 0.1) is 0 Å². The van der Waals surface area contributed by atoms with Crippen molar-refractivity contribution < 1.29 is 11.0 Å². The third-order valence-electron chi connectivity index (χ3n) is 5.68. The molecule has 1 N–H and O–H groups in total. The molecule has 0 aromatic carbocycles. The maximum absolute atomic E-state index is 12.9. The van der Waals surface area contributed by atoms with Crippen LogP contribution in [0.1, 0.15) is 38.6 Å². The fourth-order valence-corrected chi connectivity index (χ4v) is 4.06. The predicted molar refractivity (Wildman–Crippen MR) is 124 cm³/mol. The Morgan fingerprint density at radius 1 is 1.19 bits per heavy atom. The Labute approximate surface area is 187 Å².